The molecule has 0 amide bonds. The van der Waals surface area contributed by atoms with Crippen molar-refractivity contribution < 1.29 is 38.1 Å². The molecule has 0 radical (unpaired) electrons. The first-order valence-corrected chi connectivity index (χ1v) is 11.4. The van der Waals surface area contributed by atoms with Gasteiger partial charge in [-0.2, -0.15) is 0 Å². The van der Waals surface area contributed by atoms with Crippen molar-refractivity contribution in [1.29, 1.82) is 0 Å². The lowest BCUT2D eigenvalue weighted by Crippen LogP contribution is -2.56. The van der Waals surface area contributed by atoms with Crippen molar-refractivity contribution in [2.45, 2.75) is 49.4 Å². The predicted molar refractivity (Wildman–Crippen MR) is 120 cm³/mol. The lowest BCUT2D eigenvalue weighted by atomic mass is 9.89. The summed E-state index contributed by atoms with van der Waals surface area (Å²) in [5.41, 5.74) is 0.697. The molecular formula is C23H22F3N5O6. The molecule has 1 saturated heterocycles. The number of halogens is 3. The van der Waals surface area contributed by atoms with Gasteiger partial charge in [0.1, 0.15) is 36.2 Å². The maximum absolute atomic E-state index is 13.7. The monoisotopic (exact) mass is 521 g/mol. The summed E-state index contributed by atoms with van der Waals surface area (Å²) in [5.74, 6) is -4.44. The minimum Gasteiger partial charge on any atom is -0.394 e. The number of benzene rings is 1. The Labute approximate surface area is 206 Å². The second-order valence-corrected chi connectivity index (χ2v) is 8.85. The molecule has 196 valence electrons. The average Bonchev–Trinajstić information content (AvgIpc) is 3.54. The summed E-state index contributed by atoms with van der Waals surface area (Å²) >= 11 is 0. The fraction of sp³-hybridized carbons (Fsp3) is 0.391. The van der Waals surface area contributed by atoms with Crippen LogP contribution in [0.4, 0.5) is 13.2 Å². The van der Waals surface area contributed by atoms with Gasteiger partial charge >= 0.3 is 0 Å². The Morgan fingerprint density at radius 2 is 1.81 bits per heavy atom. The molecule has 0 unspecified atom stereocenters. The van der Waals surface area contributed by atoms with E-state index in [0.29, 0.717) is 17.7 Å². The number of hydrogen-bond acceptors (Lipinski definition) is 9. The number of aromatic amines is 1. The standard InChI is InChI=1S/C23H22F3N5O6/c24-13-3-11(4-14(25)20(13)26)16-8-31(30-28-16)21-22(34)17(36-18(9-32)23(21)35)7-12-6-15(29-37-12)10-1-2-27-19(33)5-10/h1-5,8,12,17-18,21-23,32,34-35H,6-7,9H2,(H,27,33)/t12-,17+,18+,21+,22-,23-/m0/s1. The van der Waals surface area contributed by atoms with Gasteiger partial charge in [-0.3, -0.25) is 4.79 Å². The van der Waals surface area contributed by atoms with Crippen molar-refractivity contribution in [3.8, 4) is 11.3 Å². The van der Waals surface area contributed by atoms with Gasteiger partial charge in [0, 0.05) is 36.2 Å². The van der Waals surface area contributed by atoms with Crippen molar-refractivity contribution in [3.05, 3.63) is 70.0 Å². The first-order valence-electron chi connectivity index (χ1n) is 11.4. The quantitative estimate of drug-likeness (QED) is 0.345. The molecule has 37 heavy (non-hydrogen) atoms. The van der Waals surface area contributed by atoms with Crippen LogP contribution >= 0.6 is 0 Å². The van der Waals surface area contributed by atoms with Crippen molar-refractivity contribution in [2.75, 3.05) is 6.61 Å². The minimum absolute atomic E-state index is 0.0317. The molecular weight excluding hydrogens is 499 g/mol. The Kier molecular flexibility index (Phi) is 6.81. The molecule has 6 atom stereocenters. The van der Waals surface area contributed by atoms with Crippen LogP contribution in [0.1, 0.15) is 24.4 Å². The van der Waals surface area contributed by atoms with Crippen LogP contribution in [-0.2, 0) is 9.57 Å². The molecule has 11 nitrogen and oxygen atoms in total. The third-order valence-electron chi connectivity index (χ3n) is 6.42. The molecule has 0 aliphatic carbocycles. The minimum atomic E-state index is -1.62. The second kappa shape index (κ2) is 10.0. The van der Waals surface area contributed by atoms with E-state index in [2.05, 4.69) is 20.5 Å². The molecule has 0 saturated carbocycles. The van der Waals surface area contributed by atoms with E-state index in [4.69, 9.17) is 9.57 Å². The number of aliphatic hydroxyl groups is 3. The highest BCUT2D eigenvalue weighted by atomic mass is 19.2. The van der Waals surface area contributed by atoms with E-state index in [1.54, 1.807) is 6.07 Å². The summed E-state index contributed by atoms with van der Waals surface area (Å²) in [7, 11) is 0. The van der Waals surface area contributed by atoms with E-state index in [0.717, 1.165) is 16.8 Å². The molecule has 0 bridgehead atoms. The van der Waals surface area contributed by atoms with Crippen molar-refractivity contribution in [3.63, 3.8) is 0 Å². The van der Waals surface area contributed by atoms with Crippen LogP contribution < -0.4 is 5.56 Å². The average molecular weight is 521 g/mol. The van der Waals surface area contributed by atoms with E-state index >= 15 is 0 Å². The number of hydrogen-bond donors (Lipinski definition) is 4. The number of rotatable bonds is 6. The normalized spacial score (nSPS) is 27.7. The van der Waals surface area contributed by atoms with Gasteiger partial charge in [0.2, 0.25) is 5.56 Å². The molecule has 2 aromatic heterocycles. The fourth-order valence-corrected chi connectivity index (χ4v) is 4.55. The highest BCUT2D eigenvalue weighted by Crippen LogP contribution is 2.34. The molecule has 2 aliphatic heterocycles. The predicted octanol–water partition coefficient (Wildman–Crippen LogP) is 0.657. The zero-order valence-corrected chi connectivity index (χ0v) is 19.0. The zero-order valence-electron chi connectivity index (χ0n) is 19.0. The lowest BCUT2D eigenvalue weighted by Gasteiger charge is -2.42. The Balaban J connectivity index is 1.34. The Hall–Kier alpha value is -3.59. The number of ether oxygens (including phenoxy) is 1. The number of nitrogens with one attached hydrogen (secondary N) is 1. The van der Waals surface area contributed by atoms with E-state index in [-0.39, 0.29) is 23.2 Å². The molecule has 1 fully saturated rings. The van der Waals surface area contributed by atoms with Crippen LogP contribution in [0.2, 0.25) is 0 Å². The van der Waals surface area contributed by atoms with Gasteiger partial charge in [-0.05, 0) is 18.2 Å². The second-order valence-electron chi connectivity index (χ2n) is 8.85. The highest BCUT2D eigenvalue weighted by Gasteiger charge is 2.47. The molecule has 4 N–H and O–H groups in total. The van der Waals surface area contributed by atoms with Gasteiger partial charge in [0.15, 0.2) is 17.5 Å². The van der Waals surface area contributed by atoms with Crippen LogP contribution in [0.25, 0.3) is 11.3 Å². The summed E-state index contributed by atoms with van der Waals surface area (Å²) in [6.07, 6.45) is -2.17. The highest BCUT2D eigenvalue weighted by molar-refractivity contribution is 6.01. The topological polar surface area (TPSA) is 155 Å². The maximum Gasteiger partial charge on any atom is 0.248 e. The molecule has 0 spiro atoms. The lowest BCUT2D eigenvalue weighted by molar-refractivity contribution is -0.212. The molecule has 14 heteroatoms. The van der Waals surface area contributed by atoms with Crippen molar-refractivity contribution in [2.24, 2.45) is 5.16 Å². The van der Waals surface area contributed by atoms with Gasteiger partial charge in [0.25, 0.3) is 0 Å². The summed E-state index contributed by atoms with van der Waals surface area (Å²) in [5, 5.41) is 43.3. The van der Waals surface area contributed by atoms with E-state index in [1.807, 2.05) is 0 Å². The number of nitrogens with zero attached hydrogens (tertiary/aromatic N) is 4. The molecule has 3 aromatic rings. The molecule has 5 rings (SSSR count). The van der Waals surface area contributed by atoms with Gasteiger partial charge in [-0.25, -0.2) is 17.9 Å². The smallest absolute Gasteiger partial charge is 0.248 e. The Morgan fingerprint density at radius 1 is 1.08 bits per heavy atom. The van der Waals surface area contributed by atoms with Crippen LogP contribution in [-0.4, -0.2) is 78.1 Å². The van der Waals surface area contributed by atoms with E-state index in [1.165, 1.54) is 18.5 Å². The number of oxime groups is 1. The number of aromatic nitrogens is 4. The Morgan fingerprint density at radius 3 is 2.51 bits per heavy atom. The van der Waals surface area contributed by atoms with Gasteiger partial charge in [-0.15, -0.1) is 5.10 Å². The van der Waals surface area contributed by atoms with E-state index < -0.39 is 60.6 Å². The van der Waals surface area contributed by atoms with Crippen LogP contribution in [0.3, 0.4) is 0 Å². The summed E-state index contributed by atoms with van der Waals surface area (Å²) < 4.78 is 47.5. The SMILES string of the molecule is O=c1cc(C2=NO[C@H](C[C@H]3O[C@H](CO)[C@H](O)[C@H](n4cc(-c5cc(F)c(F)c(F)c5)nn4)[C@H]3O)C2)cc[nH]1. The molecule has 2 aliphatic rings. The zero-order chi connectivity index (χ0) is 26.3. The van der Waals surface area contributed by atoms with Gasteiger partial charge in [0.05, 0.1) is 24.6 Å². The largest absolute Gasteiger partial charge is 0.394 e. The van der Waals surface area contributed by atoms with Gasteiger partial charge in [-0.1, -0.05) is 10.4 Å². The first-order chi connectivity index (χ1) is 17.7. The molecule has 1 aromatic carbocycles. The summed E-state index contributed by atoms with van der Waals surface area (Å²) in [4.78, 5) is 19.6. The first kappa shape index (κ1) is 25.1. The number of pyridine rings is 1. The van der Waals surface area contributed by atoms with Crippen LogP contribution in [0, 0.1) is 17.5 Å². The molecule has 4 heterocycles. The number of aliphatic hydroxyl groups excluding tert-OH is 3. The third-order valence-corrected chi connectivity index (χ3v) is 6.42. The summed E-state index contributed by atoms with van der Waals surface area (Å²) in [6.45, 7) is -0.573. The third kappa shape index (κ3) is 4.87. The summed E-state index contributed by atoms with van der Waals surface area (Å²) in [6, 6.07) is 3.40. The van der Waals surface area contributed by atoms with Crippen molar-refractivity contribution in [1.82, 2.24) is 20.0 Å². The van der Waals surface area contributed by atoms with Crippen LogP contribution in [0.15, 0.2) is 46.6 Å². The number of H-pyrrole nitrogens is 1. The van der Waals surface area contributed by atoms with Crippen LogP contribution in [0.5, 0.6) is 0 Å². The van der Waals surface area contributed by atoms with Gasteiger partial charge < -0.3 is 29.9 Å². The maximum atomic E-state index is 13.7. The van der Waals surface area contributed by atoms with Crippen molar-refractivity contribution >= 4 is 5.71 Å². The fourth-order valence-electron chi connectivity index (χ4n) is 4.55. The Bertz CT molecular complexity index is 1360. The van der Waals surface area contributed by atoms with E-state index in [9.17, 15) is 33.3 Å².